The van der Waals surface area contributed by atoms with Crippen molar-refractivity contribution in [3.63, 3.8) is 0 Å². The molecule has 6 aromatic carbocycles. The first kappa shape index (κ1) is 32.2. The molecule has 16 heteroatoms. The number of carbonyl (C=O) groups excluding carboxylic acids is 1. The molecule has 6 aromatic rings. The number of diazo groups is 2. The van der Waals surface area contributed by atoms with Gasteiger partial charge in [0.2, 0.25) is 16.5 Å². The molecule has 0 heterocycles. The predicted octanol–water partition coefficient (Wildman–Crippen LogP) is 5.58. The highest BCUT2D eigenvalue weighted by Crippen LogP contribution is 2.45. The highest BCUT2D eigenvalue weighted by atomic mass is 32.2. The number of carbonyl (C=O) groups is 1. The van der Waals surface area contributed by atoms with E-state index >= 15 is 0 Å². The van der Waals surface area contributed by atoms with Crippen molar-refractivity contribution in [3.8, 4) is 28.7 Å². The van der Waals surface area contributed by atoms with E-state index in [-0.39, 0.29) is 38.5 Å². The monoisotopic (exact) mass is 694 g/mol. The Kier molecular flexibility index (Phi) is 7.97. The minimum absolute atomic E-state index is 0.0909. The zero-order valence-electron chi connectivity index (χ0n) is 24.5. The second-order valence-corrected chi connectivity index (χ2v) is 13.3. The number of rotatable bonds is 8. The Labute approximate surface area is 277 Å². The van der Waals surface area contributed by atoms with E-state index < -0.39 is 70.1 Å². The number of phenols is 1. The SMILES string of the molecule is N#[N+]c1ccc2c(S(=O)(=O)Oc3ccc(C(=O)c4ccccc4)c(O)c3OS(=O)(=O)c3cccc4c([O-])c([N+]#N)ccc34)cccc2c1[O-]. The molecular weight excluding hydrogens is 677 g/mol. The van der Waals surface area contributed by atoms with Gasteiger partial charge in [0.15, 0.2) is 27.2 Å². The van der Waals surface area contributed by atoms with E-state index in [2.05, 4.69) is 9.95 Å². The van der Waals surface area contributed by atoms with Crippen molar-refractivity contribution < 1.29 is 45.3 Å². The number of ketones is 1. The van der Waals surface area contributed by atoms with E-state index in [0.717, 1.165) is 36.4 Å². The molecule has 0 aliphatic carbocycles. The van der Waals surface area contributed by atoms with Crippen molar-refractivity contribution in [2.45, 2.75) is 9.79 Å². The Morgan fingerprint density at radius 1 is 0.612 bits per heavy atom. The molecule has 0 radical (unpaired) electrons. The van der Waals surface area contributed by atoms with Crippen LogP contribution in [0.15, 0.2) is 113 Å². The zero-order chi connectivity index (χ0) is 35.1. The average molecular weight is 695 g/mol. The Morgan fingerprint density at radius 2 is 1.12 bits per heavy atom. The van der Waals surface area contributed by atoms with Gasteiger partial charge in [-0.2, -0.15) is 16.8 Å². The van der Waals surface area contributed by atoms with Crippen molar-refractivity contribution in [3.05, 3.63) is 124 Å². The third-order valence-corrected chi connectivity index (χ3v) is 10.00. The summed E-state index contributed by atoms with van der Waals surface area (Å²) in [5.74, 6) is -5.41. The molecule has 49 heavy (non-hydrogen) atoms. The largest absolute Gasteiger partial charge is 0.867 e. The van der Waals surface area contributed by atoms with Crippen LogP contribution in [-0.2, 0) is 20.2 Å². The van der Waals surface area contributed by atoms with E-state index in [1.807, 2.05) is 0 Å². The molecule has 0 unspecified atom stereocenters. The highest BCUT2D eigenvalue weighted by molar-refractivity contribution is 7.87. The van der Waals surface area contributed by atoms with Gasteiger partial charge in [-0.15, -0.1) is 0 Å². The van der Waals surface area contributed by atoms with Gasteiger partial charge in [0.1, 0.15) is 9.79 Å². The quantitative estimate of drug-likeness (QED) is 0.117. The summed E-state index contributed by atoms with van der Waals surface area (Å²) in [6.07, 6.45) is 0. The summed E-state index contributed by atoms with van der Waals surface area (Å²) in [5, 5.41) is 54.3. The van der Waals surface area contributed by atoms with Gasteiger partial charge in [0.25, 0.3) is 0 Å². The Hall–Kier alpha value is -6.75. The zero-order valence-corrected chi connectivity index (χ0v) is 26.2. The molecule has 0 aliphatic heterocycles. The molecule has 0 fully saturated rings. The molecule has 0 spiro atoms. The molecule has 6 rings (SSSR count). The minimum atomic E-state index is -5.05. The summed E-state index contributed by atoms with van der Waals surface area (Å²) >= 11 is 0. The summed E-state index contributed by atoms with van der Waals surface area (Å²) in [6, 6.07) is 21.2. The van der Waals surface area contributed by atoms with Crippen molar-refractivity contribution in [1.29, 1.82) is 10.8 Å². The van der Waals surface area contributed by atoms with Gasteiger partial charge in [-0.25, -0.2) is 0 Å². The van der Waals surface area contributed by atoms with Crippen LogP contribution in [0, 0.1) is 10.8 Å². The summed E-state index contributed by atoms with van der Waals surface area (Å²) in [6.45, 7) is 0. The van der Waals surface area contributed by atoms with Crippen LogP contribution in [0.5, 0.6) is 28.7 Å². The molecule has 0 saturated heterocycles. The van der Waals surface area contributed by atoms with E-state index in [0.29, 0.717) is 0 Å². The standard InChI is InChI=1S/C33H18N4O10S2/c34-36-24-15-12-19-21(30(24)39)8-4-10-27(19)48(42,43)46-26-17-14-23(29(38)18-6-2-1-3-7-18)32(41)33(26)47-49(44,45)28-11-5-9-22-20(28)13-16-25(37-35)31(22)40/h1-17H,(H-2,38,39,40,41). The van der Waals surface area contributed by atoms with Crippen LogP contribution in [0.3, 0.4) is 0 Å². The van der Waals surface area contributed by atoms with Crippen molar-refractivity contribution in [2.24, 2.45) is 0 Å². The number of hydrogen-bond donors (Lipinski definition) is 1. The normalized spacial score (nSPS) is 11.5. The Bertz CT molecular complexity index is 2670. The van der Waals surface area contributed by atoms with E-state index in [4.69, 9.17) is 19.2 Å². The number of benzene rings is 6. The number of aromatic hydroxyl groups is 1. The van der Waals surface area contributed by atoms with Crippen molar-refractivity contribution in [1.82, 2.24) is 0 Å². The van der Waals surface area contributed by atoms with Crippen LogP contribution in [0.25, 0.3) is 31.5 Å². The molecule has 0 bridgehead atoms. The van der Waals surface area contributed by atoms with Crippen LogP contribution >= 0.6 is 0 Å². The summed E-state index contributed by atoms with van der Waals surface area (Å²) in [4.78, 5) is 18.0. The fourth-order valence-corrected chi connectivity index (χ4v) is 7.43. The molecule has 242 valence electrons. The summed E-state index contributed by atoms with van der Waals surface area (Å²) in [5.41, 5.74) is -1.11. The van der Waals surface area contributed by atoms with Gasteiger partial charge in [0, 0.05) is 28.5 Å². The molecule has 0 atom stereocenters. The second-order valence-electron chi connectivity index (χ2n) is 10.3. The smallest absolute Gasteiger partial charge is 0.378 e. The fourth-order valence-electron chi connectivity index (χ4n) is 5.12. The third-order valence-electron chi connectivity index (χ3n) is 7.43. The summed E-state index contributed by atoms with van der Waals surface area (Å²) < 4.78 is 65.5. The first-order chi connectivity index (χ1) is 23.4. The van der Waals surface area contributed by atoms with E-state index in [9.17, 15) is 36.9 Å². The number of hydrogen-bond acceptors (Lipinski definition) is 12. The maximum absolute atomic E-state index is 13.8. The van der Waals surface area contributed by atoms with E-state index in [1.165, 1.54) is 48.5 Å². The van der Waals surface area contributed by atoms with Gasteiger partial charge in [-0.05, 0) is 58.7 Å². The molecule has 0 saturated carbocycles. The van der Waals surface area contributed by atoms with E-state index in [1.54, 1.807) is 18.2 Å². The lowest BCUT2D eigenvalue weighted by molar-refractivity contribution is -0.265. The molecule has 14 nitrogen and oxygen atoms in total. The third kappa shape index (κ3) is 5.63. The molecule has 0 aromatic heterocycles. The van der Waals surface area contributed by atoms with Crippen molar-refractivity contribution in [2.75, 3.05) is 0 Å². The van der Waals surface area contributed by atoms with Crippen molar-refractivity contribution >= 4 is 58.9 Å². The fraction of sp³-hybridized carbons (Fsp3) is 0. The summed E-state index contributed by atoms with van der Waals surface area (Å²) in [7, 11) is -10.00. The van der Waals surface area contributed by atoms with Gasteiger partial charge >= 0.3 is 31.6 Å². The van der Waals surface area contributed by atoms with Gasteiger partial charge in [-0.1, -0.05) is 54.6 Å². The van der Waals surface area contributed by atoms with Gasteiger partial charge < -0.3 is 23.7 Å². The Morgan fingerprint density at radius 3 is 1.63 bits per heavy atom. The van der Waals surface area contributed by atoms with Crippen LogP contribution in [0.2, 0.25) is 0 Å². The second kappa shape index (κ2) is 12.1. The maximum Gasteiger partial charge on any atom is 0.378 e. The van der Waals surface area contributed by atoms with Crippen LogP contribution in [0.4, 0.5) is 11.4 Å². The lowest BCUT2D eigenvalue weighted by Gasteiger charge is -2.17. The molecular formula is C33H18N4O10S2. The first-order valence-corrected chi connectivity index (χ1v) is 16.7. The maximum atomic E-state index is 13.8. The minimum Gasteiger partial charge on any atom is -0.867 e. The molecule has 0 amide bonds. The highest BCUT2D eigenvalue weighted by Gasteiger charge is 2.31. The lowest BCUT2D eigenvalue weighted by Crippen LogP contribution is -2.15. The molecule has 1 N–H and O–H groups in total. The predicted molar refractivity (Wildman–Crippen MR) is 170 cm³/mol. The number of nitrogens with zero attached hydrogens (tertiary/aromatic N) is 4. The van der Waals surface area contributed by atoms with Crippen LogP contribution < -0.4 is 18.6 Å². The average Bonchev–Trinajstić information content (AvgIpc) is 3.10. The topological polar surface area (TPSA) is 226 Å². The van der Waals surface area contributed by atoms with Crippen LogP contribution in [-0.4, -0.2) is 27.7 Å². The lowest BCUT2D eigenvalue weighted by atomic mass is 10.0. The van der Waals surface area contributed by atoms with Crippen LogP contribution in [0.1, 0.15) is 15.9 Å². The molecule has 0 aliphatic rings. The first-order valence-electron chi connectivity index (χ1n) is 13.9. The number of fused-ring (bicyclic) bond motifs is 2. The Balaban J connectivity index is 1.51. The number of phenolic OH excluding ortho intramolecular Hbond substituents is 1. The van der Waals surface area contributed by atoms with Gasteiger partial charge in [0.05, 0.1) is 5.56 Å². The van der Waals surface area contributed by atoms with Gasteiger partial charge in [-0.3, -0.25) is 4.79 Å².